The van der Waals surface area contributed by atoms with Gasteiger partial charge in [-0.3, -0.25) is 9.67 Å². The third kappa shape index (κ3) is 6.79. The van der Waals surface area contributed by atoms with Gasteiger partial charge in [0.2, 0.25) is 0 Å². The van der Waals surface area contributed by atoms with E-state index in [9.17, 15) is 0 Å². The van der Waals surface area contributed by atoms with Gasteiger partial charge in [-0.15, -0.1) is 24.0 Å². The number of benzene rings is 1. The normalized spacial score (nSPS) is 11.9. The maximum absolute atomic E-state index is 4.48. The third-order valence-electron chi connectivity index (χ3n) is 5.08. The van der Waals surface area contributed by atoms with Gasteiger partial charge in [-0.1, -0.05) is 45.0 Å². The number of hydrogen-bond acceptors (Lipinski definition) is 2. The summed E-state index contributed by atoms with van der Waals surface area (Å²) in [7, 11) is 3.81. The molecule has 2 aromatic rings. The van der Waals surface area contributed by atoms with Crippen molar-refractivity contribution in [3.63, 3.8) is 0 Å². The summed E-state index contributed by atoms with van der Waals surface area (Å²) in [6, 6.07) is 8.93. The zero-order valence-corrected chi connectivity index (χ0v) is 20.7. The van der Waals surface area contributed by atoms with Crippen molar-refractivity contribution in [3.05, 3.63) is 52.3 Å². The van der Waals surface area contributed by atoms with E-state index in [0.29, 0.717) is 0 Å². The number of guanidine groups is 1. The number of nitrogens with zero attached hydrogens (tertiary/aromatic N) is 3. The minimum atomic E-state index is 0. The van der Waals surface area contributed by atoms with E-state index in [-0.39, 0.29) is 29.4 Å². The van der Waals surface area contributed by atoms with Crippen LogP contribution >= 0.6 is 24.0 Å². The van der Waals surface area contributed by atoms with E-state index in [0.717, 1.165) is 37.6 Å². The molecule has 6 heteroatoms. The summed E-state index contributed by atoms with van der Waals surface area (Å²) >= 11 is 0. The van der Waals surface area contributed by atoms with Crippen LogP contribution < -0.4 is 10.6 Å². The van der Waals surface area contributed by atoms with Crippen LogP contribution in [0.5, 0.6) is 0 Å². The van der Waals surface area contributed by atoms with Crippen molar-refractivity contribution in [3.8, 4) is 0 Å². The quantitative estimate of drug-likeness (QED) is 0.362. The van der Waals surface area contributed by atoms with Crippen LogP contribution in [0.4, 0.5) is 0 Å². The van der Waals surface area contributed by atoms with Gasteiger partial charge in [0.15, 0.2) is 5.96 Å². The SMILES string of the molecule is CN=C(NCCc1ccc(C(C)(C)C)cc1)NCCc1c(C)nn(C)c1C.I. The molecule has 0 unspecified atom stereocenters. The van der Waals surface area contributed by atoms with Crippen molar-refractivity contribution in [1.29, 1.82) is 0 Å². The number of aliphatic imine (C=N–C) groups is 1. The molecular formula is C22H36IN5. The van der Waals surface area contributed by atoms with E-state index >= 15 is 0 Å². The molecule has 0 fully saturated rings. The highest BCUT2D eigenvalue weighted by Crippen LogP contribution is 2.22. The minimum absolute atomic E-state index is 0. The maximum Gasteiger partial charge on any atom is 0.190 e. The van der Waals surface area contributed by atoms with Crippen LogP contribution in [-0.2, 0) is 25.3 Å². The van der Waals surface area contributed by atoms with Crippen molar-refractivity contribution in [2.45, 2.75) is 52.9 Å². The van der Waals surface area contributed by atoms with Gasteiger partial charge in [0.25, 0.3) is 0 Å². The molecule has 2 N–H and O–H groups in total. The standard InChI is InChI=1S/C22H35N5.HI/c1-16-20(17(2)27(7)26-16)13-15-25-21(23-6)24-14-12-18-8-10-19(11-9-18)22(3,4)5;/h8-11H,12-15H2,1-7H3,(H2,23,24,25);1H. The number of aromatic nitrogens is 2. The fourth-order valence-corrected chi connectivity index (χ4v) is 3.20. The maximum atomic E-state index is 4.48. The molecule has 0 aliphatic rings. The molecule has 2 rings (SSSR count). The van der Waals surface area contributed by atoms with Gasteiger partial charge in [0.05, 0.1) is 5.69 Å². The number of rotatable bonds is 6. The van der Waals surface area contributed by atoms with Crippen molar-refractivity contribution in [1.82, 2.24) is 20.4 Å². The lowest BCUT2D eigenvalue weighted by molar-refractivity contribution is 0.590. The first-order valence-corrected chi connectivity index (χ1v) is 9.75. The summed E-state index contributed by atoms with van der Waals surface area (Å²) < 4.78 is 1.95. The topological polar surface area (TPSA) is 54.2 Å². The molecule has 0 bridgehead atoms. The number of hydrogen-bond donors (Lipinski definition) is 2. The van der Waals surface area contributed by atoms with Gasteiger partial charge in [-0.05, 0) is 48.8 Å². The Balaban J connectivity index is 0.00000392. The van der Waals surface area contributed by atoms with Gasteiger partial charge in [-0.25, -0.2) is 0 Å². The smallest absolute Gasteiger partial charge is 0.190 e. The highest BCUT2D eigenvalue weighted by molar-refractivity contribution is 14.0. The highest BCUT2D eigenvalue weighted by Gasteiger charge is 2.12. The average molecular weight is 497 g/mol. The molecule has 1 aromatic heterocycles. The van der Waals surface area contributed by atoms with Crippen LogP contribution in [0.25, 0.3) is 0 Å². The molecule has 5 nitrogen and oxygen atoms in total. The molecule has 0 aliphatic heterocycles. The molecule has 0 spiro atoms. The van der Waals surface area contributed by atoms with Crippen LogP contribution in [0.2, 0.25) is 0 Å². The molecule has 1 heterocycles. The first-order chi connectivity index (χ1) is 12.7. The van der Waals surface area contributed by atoms with Crippen LogP contribution in [-0.4, -0.2) is 35.9 Å². The lowest BCUT2D eigenvalue weighted by atomic mass is 9.86. The van der Waals surface area contributed by atoms with Gasteiger partial charge < -0.3 is 10.6 Å². The lowest BCUT2D eigenvalue weighted by Gasteiger charge is -2.19. The number of aryl methyl sites for hydroxylation is 2. The zero-order chi connectivity index (χ0) is 20.0. The Morgan fingerprint density at radius 3 is 2.07 bits per heavy atom. The molecule has 156 valence electrons. The van der Waals surface area contributed by atoms with Crippen molar-refractivity contribution < 1.29 is 0 Å². The summed E-state index contributed by atoms with van der Waals surface area (Å²) in [5.41, 5.74) is 6.58. The second-order valence-corrected chi connectivity index (χ2v) is 8.15. The third-order valence-corrected chi connectivity index (χ3v) is 5.08. The number of nitrogens with one attached hydrogen (secondary N) is 2. The summed E-state index contributed by atoms with van der Waals surface area (Å²) in [6.45, 7) is 12.6. The van der Waals surface area contributed by atoms with Crippen molar-refractivity contribution >= 4 is 29.9 Å². The first-order valence-electron chi connectivity index (χ1n) is 9.75. The Kier molecular flexibility index (Phi) is 9.47. The van der Waals surface area contributed by atoms with E-state index in [4.69, 9.17) is 0 Å². The number of halogens is 1. The van der Waals surface area contributed by atoms with Gasteiger partial charge in [0, 0.05) is 32.9 Å². The van der Waals surface area contributed by atoms with Crippen molar-refractivity contribution in [2.75, 3.05) is 20.1 Å². The molecular weight excluding hydrogens is 461 g/mol. The van der Waals surface area contributed by atoms with Crippen LogP contribution in [0.1, 0.15) is 48.8 Å². The van der Waals surface area contributed by atoms with Gasteiger partial charge in [-0.2, -0.15) is 5.10 Å². The molecule has 0 radical (unpaired) electrons. The summed E-state index contributed by atoms with van der Waals surface area (Å²) in [5.74, 6) is 0.848. The predicted molar refractivity (Wildman–Crippen MR) is 130 cm³/mol. The van der Waals surface area contributed by atoms with Crippen molar-refractivity contribution in [2.24, 2.45) is 12.0 Å². The molecule has 0 saturated heterocycles. The summed E-state index contributed by atoms with van der Waals surface area (Å²) in [6.07, 6.45) is 1.92. The summed E-state index contributed by atoms with van der Waals surface area (Å²) in [5, 5.41) is 11.3. The lowest BCUT2D eigenvalue weighted by Crippen LogP contribution is -2.39. The molecule has 28 heavy (non-hydrogen) atoms. The second kappa shape index (κ2) is 10.8. The fourth-order valence-electron chi connectivity index (χ4n) is 3.20. The van der Waals surface area contributed by atoms with Crippen LogP contribution in [0.15, 0.2) is 29.3 Å². The Morgan fingerprint density at radius 1 is 1.04 bits per heavy atom. The molecule has 0 atom stereocenters. The van der Waals surface area contributed by atoms with E-state index < -0.39 is 0 Å². The average Bonchev–Trinajstić information content (AvgIpc) is 2.86. The molecule has 1 aromatic carbocycles. The van der Waals surface area contributed by atoms with E-state index in [1.165, 1.54) is 22.4 Å². The fraction of sp³-hybridized carbons (Fsp3) is 0.545. The monoisotopic (exact) mass is 497 g/mol. The predicted octanol–water partition coefficient (Wildman–Crippen LogP) is 3.90. The molecule has 0 aliphatic carbocycles. The molecule has 0 amide bonds. The Morgan fingerprint density at radius 2 is 1.61 bits per heavy atom. The van der Waals surface area contributed by atoms with Gasteiger partial charge >= 0.3 is 0 Å². The van der Waals surface area contributed by atoms with Gasteiger partial charge in [0.1, 0.15) is 0 Å². The Bertz CT molecular complexity index is 769. The van der Waals surface area contributed by atoms with E-state index in [1.807, 2.05) is 18.8 Å². The second-order valence-electron chi connectivity index (χ2n) is 8.15. The van der Waals surface area contributed by atoms with E-state index in [1.54, 1.807) is 0 Å². The van der Waals surface area contributed by atoms with E-state index in [2.05, 4.69) is 79.6 Å². The van der Waals surface area contributed by atoms with Crippen LogP contribution in [0.3, 0.4) is 0 Å². The minimum Gasteiger partial charge on any atom is -0.356 e. The molecule has 0 saturated carbocycles. The first kappa shape index (κ1) is 24.5. The summed E-state index contributed by atoms with van der Waals surface area (Å²) in [4.78, 5) is 4.32. The highest BCUT2D eigenvalue weighted by atomic mass is 127. The largest absolute Gasteiger partial charge is 0.356 e. The Labute approximate surface area is 187 Å². The van der Waals surface area contributed by atoms with Crippen LogP contribution in [0, 0.1) is 13.8 Å². The Hall–Kier alpha value is -1.57. The zero-order valence-electron chi connectivity index (χ0n) is 18.4.